The van der Waals surface area contributed by atoms with Gasteiger partial charge in [-0.15, -0.1) is 0 Å². The summed E-state index contributed by atoms with van der Waals surface area (Å²) in [7, 11) is 0. The number of rotatable bonds is 4. The van der Waals surface area contributed by atoms with Crippen LogP contribution < -0.4 is 9.47 Å². The molecule has 0 radical (unpaired) electrons. The number of hydrogen-bond acceptors (Lipinski definition) is 5. The van der Waals surface area contributed by atoms with E-state index in [1.165, 1.54) is 12.4 Å². The van der Waals surface area contributed by atoms with Crippen LogP contribution in [-0.4, -0.2) is 23.3 Å². The van der Waals surface area contributed by atoms with Gasteiger partial charge in [-0.05, 0) is 30.3 Å². The maximum Gasteiger partial charge on any atom is 0.231 e. The van der Waals surface area contributed by atoms with Gasteiger partial charge in [-0.25, -0.2) is 0 Å². The molecule has 2 aromatic rings. The third kappa shape index (κ3) is 2.38. The van der Waals surface area contributed by atoms with Gasteiger partial charge in [0.2, 0.25) is 6.79 Å². The Bertz CT molecular complexity index is 667. The number of carbonyl (C=O) groups excluding carboxylic acids is 2. The zero-order chi connectivity index (χ0) is 13.9. The van der Waals surface area contributed by atoms with Crippen molar-refractivity contribution >= 4 is 11.6 Å². The number of aromatic nitrogens is 1. The fraction of sp³-hybridized carbons (Fsp3) is 0.133. The van der Waals surface area contributed by atoms with Gasteiger partial charge in [0.1, 0.15) is 0 Å². The number of nitrogens with zero attached hydrogens (tertiary/aromatic N) is 1. The zero-order valence-corrected chi connectivity index (χ0v) is 10.5. The van der Waals surface area contributed by atoms with Gasteiger partial charge in [0.05, 0.1) is 6.42 Å². The fourth-order valence-electron chi connectivity index (χ4n) is 1.96. The Morgan fingerprint density at radius 1 is 0.950 bits per heavy atom. The van der Waals surface area contributed by atoms with E-state index in [9.17, 15) is 9.59 Å². The smallest absolute Gasteiger partial charge is 0.231 e. The van der Waals surface area contributed by atoms with Crippen LogP contribution in [0, 0.1) is 0 Å². The summed E-state index contributed by atoms with van der Waals surface area (Å²) in [5.74, 6) is 0.675. The van der Waals surface area contributed by atoms with Crippen molar-refractivity contribution in [2.24, 2.45) is 0 Å². The van der Waals surface area contributed by atoms with Crippen LogP contribution in [0.25, 0.3) is 0 Å². The van der Waals surface area contributed by atoms with Gasteiger partial charge >= 0.3 is 0 Å². The Hall–Kier alpha value is -2.69. The van der Waals surface area contributed by atoms with Gasteiger partial charge in [0, 0.05) is 23.5 Å². The molecule has 0 fully saturated rings. The van der Waals surface area contributed by atoms with Crippen molar-refractivity contribution < 1.29 is 19.1 Å². The third-order valence-corrected chi connectivity index (χ3v) is 3.02. The molecule has 0 saturated carbocycles. The Morgan fingerprint density at radius 2 is 1.65 bits per heavy atom. The van der Waals surface area contributed by atoms with Crippen molar-refractivity contribution in [3.63, 3.8) is 0 Å². The zero-order valence-electron chi connectivity index (χ0n) is 10.5. The number of pyridine rings is 1. The molecule has 0 unspecified atom stereocenters. The average molecular weight is 269 g/mol. The van der Waals surface area contributed by atoms with Gasteiger partial charge in [-0.3, -0.25) is 14.6 Å². The summed E-state index contributed by atoms with van der Waals surface area (Å²) in [6, 6.07) is 8.09. The Kier molecular flexibility index (Phi) is 3.16. The van der Waals surface area contributed by atoms with Gasteiger partial charge in [0.15, 0.2) is 23.1 Å². The Balaban J connectivity index is 1.75. The lowest BCUT2D eigenvalue weighted by Crippen LogP contribution is -2.08. The van der Waals surface area contributed by atoms with Crippen molar-refractivity contribution in [2.75, 3.05) is 6.79 Å². The first-order chi connectivity index (χ1) is 9.74. The predicted molar refractivity (Wildman–Crippen MR) is 70.1 cm³/mol. The summed E-state index contributed by atoms with van der Waals surface area (Å²) >= 11 is 0. The van der Waals surface area contributed by atoms with E-state index in [1.54, 1.807) is 30.3 Å². The molecule has 0 atom stereocenters. The summed E-state index contributed by atoms with van der Waals surface area (Å²) in [5, 5.41) is 0. The van der Waals surface area contributed by atoms with Crippen molar-refractivity contribution in [2.45, 2.75) is 6.42 Å². The number of ketones is 2. The first-order valence-corrected chi connectivity index (χ1v) is 6.10. The molecule has 0 N–H and O–H groups in total. The third-order valence-electron chi connectivity index (χ3n) is 3.02. The SMILES string of the molecule is O=C(CC(=O)c1ccc2c(c1)OCO2)c1ccncc1. The molecule has 0 bridgehead atoms. The van der Waals surface area contributed by atoms with Crippen LogP contribution in [0.4, 0.5) is 0 Å². The number of fused-ring (bicyclic) bond motifs is 1. The van der Waals surface area contributed by atoms with Crippen LogP contribution >= 0.6 is 0 Å². The molecule has 100 valence electrons. The molecule has 0 spiro atoms. The minimum absolute atomic E-state index is 0.156. The summed E-state index contributed by atoms with van der Waals surface area (Å²) in [6.07, 6.45) is 2.88. The van der Waals surface area contributed by atoms with Crippen LogP contribution in [-0.2, 0) is 0 Å². The van der Waals surface area contributed by atoms with E-state index in [4.69, 9.17) is 9.47 Å². The lowest BCUT2D eigenvalue weighted by molar-refractivity contribution is 0.0894. The molecular formula is C15H11NO4. The lowest BCUT2D eigenvalue weighted by Gasteiger charge is -2.02. The van der Waals surface area contributed by atoms with Crippen LogP contribution in [0.15, 0.2) is 42.7 Å². The second-order valence-electron chi connectivity index (χ2n) is 4.33. The lowest BCUT2D eigenvalue weighted by atomic mass is 10.0. The largest absolute Gasteiger partial charge is 0.454 e. The highest BCUT2D eigenvalue weighted by Gasteiger charge is 2.18. The summed E-state index contributed by atoms with van der Waals surface area (Å²) in [5.41, 5.74) is 0.922. The molecule has 5 heteroatoms. The highest BCUT2D eigenvalue weighted by Crippen LogP contribution is 2.32. The number of ether oxygens (including phenoxy) is 2. The highest BCUT2D eigenvalue weighted by molar-refractivity contribution is 6.13. The van der Waals surface area contributed by atoms with E-state index in [1.807, 2.05) is 0 Å². The monoisotopic (exact) mass is 269 g/mol. The summed E-state index contributed by atoms with van der Waals surface area (Å²) in [6.45, 7) is 0.156. The molecule has 0 saturated heterocycles. The van der Waals surface area contributed by atoms with Gasteiger partial charge in [-0.2, -0.15) is 0 Å². The fourth-order valence-corrected chi connectivity index (χ4v) is 1.96. The van der Waals surface area contributed by atoms with Crippen LogP contribution in [0.1, 0.15) is 27.1 Å². The molecular weight excluding hydrogens is 258 g/mol. The molecule has 5 nitrogen and oxygen atoms in total. The van der Waals surface area contributed by atoms with Crippen LogP contribution in [0.3, 0.4) is 0 Å². The Labute approximate surface area is 115 Å². The van der Waals surface area contributed by atoms with E-state index >= 15 is 0 Å². The molecule has 1 aromatic heterocycles. The molecule has 0 amide bonds. The standard InChI is InChI=1S/C15H11NO4/c17-12(10-3-5-16-6-4-10)8-13(18)11-1-2-14-15(7-11)20-9-19-14/h1-7H,8-9H2. The first-order valence-electron chi connectivity index (χ1n) is 6.10. The van der Waals surface area contributed by atoms with E-state index in [-0.39, 0.29) is 24.8 Å². The number of benzene rings is 1. The van der Waals surface area contributed by atoms with Crippen LogP contribution in [0.5, 0.6) is 11.5 Å². The number of Topliss-reactive ketones (excluding diaryl/α,β-unsaturated/α-hetero) is 2. The number of carbonyl (C=O) groups is 2. The van der Waals surface area contributed by atoms with E-state index in [0.717, 1.165) is 0 Å². The molecule has 1 aliphatic heterocycles. The maximum atomic E-state index is 12.1. The first kappa shape index (κ1) is 12.3. The molecule has 0 aliphatic carbocycles. The predicted octanol–water partition coefficient (Wildman–Crippen LogP) is 2.27. The Morgan fingerprint density at radius 3 is 2.45 bits per heavy atom. The highest BCUT2D eigenvalue weighted by atomic mass is 16.7. The maximum absolute atomic E-state index is 12.1. The van der Waals surface area contributed by atoms with Gasteiger partial charge < -0.3 is 9.47 Å². The molecule has 1 aliphatic rings. The van der Waals surface area contributed by atoms with Crippen molar-refractivity contribution in [3.05, 3.63) is 53.9 Å². The van der Waals surface area contributed by atoms with E-state index < -0.39 is 0 Å². The molecule has 1 aromatic carbocycles. The minimum atomic E-state index is -0.245. The van der Waals surface area contributed by atoms with Crippen molar-refractivity contribution in [3.8, 4) is 11.5 Å². The van der Waals surface area contributed by atoms with E-state index in [0.29, 0.717) is 22.6 Å². The average Bonchev–Trinajstić information content (AvgIpc) is 2.95. The molecule has 20 heavy (non-hydrogen) atoms. The second kappa shape index (κ2) is 5.13. The second-order valence-corrected chi connectivity index (χ2v) is 4.33. The summed E-state index contributed by atoms with van der Waals surface area (Å²) < 4.78 is 10.4. The quantitative estimate of drug-likeness (QED) is 0.629. The van der Waals surface area contributed by atoms with Crippen molar-refractivity contribution in [1.29, 1.82) is 0 Å². The molecule has 2 heterocycles. The molecule has 3 rings (SSSR count). The minimum Gasteiger partial charge on any atom is -0.454 e. The topological polar surface area (TPSA) is 65.5 Å². The van der Waals surface area contributed by atoms with Crippen molar-refractivity contribution in [1.82, 2.24) is 4.98 Å². The normalized spacial score (nSPS) is 12.2. The van der Waals surface area contributed by atoms with Gasteiger partial charge in [-0.1, -0.05) is 0 Å². The summed E-state index contributed by atoms with van der Waals surface area (Å²) in [4.78, 5) is 27.9. The van der Waals surface area contributed by atoms with Gasteiger partial charge in [0.25, 0.3) is 0 Å². The van der Waals surface area contributed by atoms with E-state index in [2.05, 4.69) is 4.98 Å². The van der Waals surface area contributed by atoms with Crippen LogP contribution in [0.2, 0.25) is 0 Å². The number of hydrogen-bond donors (Lipinski definition) is 0.